The number of carbonyl (C=O) groups is 3. The number of nitrogen functional groups attached to an aromatic ring is 2. The van der Waals surface area contributed by atoms with Crippen molar-refractivity contribution in [1.82, 2.24) is 30.6 Å². The Morgan fingerprint density at radius 2 is 1.55 bits per heavy atom. The molecule has 0 aliphatic carbocycles. The van der Waals surface area contributed by atoms with Crippen LogP contribution >= 0.6 is 0 Å². The molecule has 0 fully saturated rings. The molecule has 13 heteroatoms. The minimum atomic E-state index is -1.15. The summed E-state index contributed by atoms with van der Waals surface area (Å²) in [5.74, 6) is -1.75. The number of nitrogens with zero attached hydrogens (tertiary/aromatic N) is 4. The van der Waals surface area contributed by atoms with Gasteiger partial charge in [0.15, 0.2) is 17.0 Å². The zero-order chi connectivity index (χ0) is 30.6. The molecule has 0 bridgehead atoms. The number of aryl methyl sites for hydroxylation is 1. The number of hydrogen-bond acceptors (Lipinski definition) is 10. The number of benzene rings is 2. The quantitative estimate of drug-likeness (QED) is 0.144. The predicted molar refractivity (Wildman–Crippen MR) is 161 cm³/mol. The lowest BCUT2D eigenvalue weighted by Gasteiger charge is -2.15. The normalized spacial score (nSPS) is 11.1. The maximum absolute atomic E-state index is 12.7. The third kappa shape index (κ3) is 8.58. The minimum absolute atomic E-state index is 0.0198. The highest BCUT2D eigenvalue weighted by atomic mass is 16.4. The summed E-state index contributed by atoms with van der Waals surface area (Å²) in [6, 6.07) is 12.6. The Kier molecular flexibility index (Phi) is 11.1. The molecule has 0 spiro atoms. The molecule has 0 aliphatic rings. The Morgan fingerprint density at radius 3 is 2.21 bits per heavy atom. The van der Waals surface area contributed by atoms with Gasteiger partial charge in [0.1, 0.15) is 6.04 Å². The number of aliphatic carboxylic acids is 1. The molecule has 13 nitrogen and oxygen atoms in total. The van der Waals surface area contributed by atoms with E-state index in [0.717, 1.165) is 5.56 Å². The first kappa shape index (κ1) is 31.2. The van der Waals surface area contributed by atoms with Gasteiger partial charge in [0.05, 0.1) is 18.4 Å². The smallest absolute Gasteiger partial charge is 0.326 e. The van der Waals surface area contributed by atoms with Crippen LogP contribution in [0.25, 0.3) is 11.2 Å². The third-order valence-corrected chi connectivity index (χ3v) is 5.99. The van der Waals surface area contributed by atoms with Crippen molar-refractivity contribution in [2.45, 2.75) is 46.2 Å². The summed E-state index contributed by atoms with van der Waals surface area (Å²) < 4.78 is 0. The molecule has 4 aromatic rings. The fraction of sp³-hybridized carbons (Fsp3) is 0.276. The number of carboxylic acid groups (broad SMARTS) is 1. The SMILES string of the molecule is CC.Cc1ccc(C(=O)NCCC[C@H](NC(=O)c2ccc(NCc3cnc4nc(N)nc(N)c4n3)cc2)C(=O)O)cc1. The lowest BCUT2D eigenvalue weighted by atomic mass is 10.1. The van der Waals surface area contributed by atoms with Gasteiger partial charge in [0.25, 0.3) is 11.8 Å². The largest absolute Gasteiger partial charge is 0.480 e. The molecule has 0 radical (unpaired) electrons. The number of amides is 2. The Morgan fingerprint density at radius 1 is 0.905 bits per heavy atom. The van der Waals surface area contributed by atoms with Gasteiger partial charge in [0, 0.05) is 23.4 Å². The molecule has 0 saturated heterocycles. The zero-order valence-corrected chi connectivity index (χ0v) is 23.7. The summed E-state index contributed by atoms with van der Waals surface area (Å²) in [7, 11) is 0. The van der Waals surface area contributed by atoms with E-state index in [-0.39, 0.29) is 30.6 Å². The molecule has 4 rings (SSSR count). The molecule has 8 N–H and O–H groups in total. The fourth-order valence-electron chi connectivity index (χ4n) is 3.81. The summed E-state index contributed by atoms with van der Waals surface area (Å²) in [4.78, 5) is 53.1. The molecule has 0 aliphatic heterocycles. The summed E-state index contributed by atoms with van der Waals surface area (Å²) in [6.07, 6.45) is 2.08. The highest BCUT2D eigenvalue weighted by molar-refractivity contribution is 5.97. The van der Waals surface area contributed by atoms with Gasteiger partial charge >= 0.3 is 5.97 Å². The molecule has 2 amide bonds. The van der Waals surface area contributed by atoms with E-state index in [4.69, 9.17) is 11.5 Å². The van der Waals surface area contributed by atoms with Crippen LogP contribution < -0.4 is 27.4 Å². The van der Waals surface area contributed by atoms with Crippen LogP contribution in [0.2, 0.25) is 0 Å². The van der Waals surface area contributed by atoms with E-state index in [1.165, 1.54) is 0 Å². The maximum atomic E-state index is 12.7. The summed E-state index contributed by atoms with van der Waals surface area (Å²) in [6.45, 7) is 6.53. The first-order chi connectivity index (χ1) is 20.2. The Balaban J connectivity index is 0.00000237. The Bertz CT molecular complexity index is 1530. The van der Waals surface area contributed by atoms with E-state index in [1.54, 1.807) is 42.6 Å². The molecular formula is C29H35N9O4. The van der Waals surface area contributed by atoms with Gasteiger partial charge in [-0.25, -0.2) is 14.8 Å². The second kappa shape index (κ2) is 14.9. The van der Waals surface area contributed by atoms with Crippen LogP contribution in [0.15, 0.2) is 54.7 Å². The molecule has 2 aromatic heterocycles. The van der Waals surface area contributed by atoms with Crippen molar-refractivity contribution in [3.05, 3.63) is 77.1 Å². The number of hydrogen-bond donors (Lipinski definition) is 6. The second-order valence-corrected chi connectivity index (χ2v) is 9.06. The van der Waals surface area contributed by atoms with E-state index in [2.05, 4.69) is 35.9 Å². The van der Waals surface area contributed by atoms with Gasteiger partial charge in [-0.1, -0.05) is 31.5 Å². The van der Waals surface area contributed by atoms with Crippen molar-refractivity contribution >= 4 is 46.4 Å². The van der Waals surface area contributed by atoms with Crippen LogP contribution in [-0.4, -0.2) is 55.4 Å². The number of nitrogens with one attached hydrogen (secondary N) is 3. The average Bonchev–Trinajstić information content (AvgIpc) is 2.99. The van der Waals surface area contributed by atoms with E-state index in [0.29, 0.717) is 46.6 Å². The molecular weight excluding hydrogens is 538 g/mol. The number of carboxylic acids is 1. The Hall–Kier alpha value is -5.33. The summed E-state index contributed by atoms with van der Waals surface area (Å²) in [5, 5.41) is 18.0. The maximum Gasteiger partial charge on any atom is 0.326 e. The first-order valence-electron chi connectivity index (χ1n) is 13.5. The lowest BCUT2D eigenvalue weighted by molar-refractivity contribution is -0.139. The van der Waals surface area contributed by atoms with Gasteiger partial charge in [-0.2, -0.15) is 9.97 Å². The number of rotatable bonds is 11. The van der Waals surface area contributed by atoms with Crippen LogP contribution in [0.4, 0.5) is 17.5 Å². The van der Waals surface area contributed by atoms with Crippen LogP contribution in [0.5, 0.6) is 0 Å². The monoisotopic (exact) mass is 573 g/mol. The van der Waals surface area contributed by atoms with Crippen molar-refractivity contribution in [1.29, 1.82) is 0 Å². The van der Waals surface area contributed by atoms with E-state index in [1.807, 2.05) is 32.9 Å². The van der Waals surface area contributed by atoms with Crippen molar-refractivity contribution in [3.63, 3.8) is 0 Å². The van der Waals surface area contributed by atoms with E-state index in [9.17, 15) is 19.5 Å². The average molecular weight is 574 g/mol. The van der Waals surface area contributed by atoms with Gasteiger partial charge < -0.3 is 32.5 Å². The highest BCUT2D eigenvalue weighted by Gasteiger charge is 2.20. The first-order valence-corrected chi connectivity index (χ1v) is 13.5. The molecule has 2 heterocycles. The molecule has 1 atom stereocenters. The Labute approximate surface area is 243 Å². The van der Waals surface area contributed by atoms with Gasteiger partial charge in [-0.15, -0.1) is 0 Å². The highest BCUT2D eigenvalue weighted by Crippen LogP contribution is 2.16. The van der Waals surface area contributed by atoms with Crippen molar-refractivity contribution in [2.24, 2.45) is 0 Å². The molecule has 0 unspecified atom stereocenters. The number of carbonyl (C=O) groups excluding carboxylic acids is 2. The summed E-state index contributed by atoms with van der Waals surface area (Å²) >= 11 is 0. The van der Waals surface area contributed by atoms with Crippen LogP contribution in [0.3, 0.4) is 0 Å². The van der Waals surface area contributed by atoms with E-state index >= 15 is 0 Å². The van der Waals surface area contributed by atoms with Crippen LogP contribution in [0, 0.1) is 6.92 Å². The number of fused-ring (bicyclic) bond motifs is 1. The standard InChI is InChI=1S/C27H29N9O4.C2H6/c1-15-4-6-16(7-5-15)24(37)30-12-2-3-20(26(39)40)34-25(38)17-8-10-18(11-9-17)31-13-19-14-32-23-21(33-19)22(28)35-27(29)36-23;1-2/h4-11,14,20,31H,2-3,12-13H2,1H3,(H,30,37)(H,34,38)(H,39,40)(H4,28,29,32,35,36);1-2H3/t20-;/m0./s1. The van der Waals surface area contributed by atoms with Crippen LogP contribution in [0.1, 0.15) is 58.7 Å². The molecule has 42 heavy (non-hydrogen) atoms. The third-order valence-electron chi connectivity index (χ3n) is 5.99. The zero-order valence-electron chi connectivity index (χ0n) is 23.7. The van der Waals surface area contributed by atoms with Crippen molar-refractivity contribution < 1.29 is 19.5 Å². The number of nitrogens with two attached hydrogens (primary N) is 2. The number of anilines is 3. The fourth-order valence-corrected chi connectivity index (χ4v) is 3.81. The number of aromatic nitrogens is 4. The lowest BCUT2D eigenvalue weighted by Crippen LogP contribution is -2.41. The molecule has 2 aromatic carbocycles. The van der Waals surface area contributed by atoms with Gasteiger partial charge in [0.2, 0.25) is 5.95 Å². The topological polar surface area (TPSA) is 211 Å². The van der Waals surface area contributed by atoms with Crippen LogP contribution in [-0.2, 0) is 11.3 Å². The van der Waals surface area contributed by atoms with Crippen molar-refractivity contribution in [2.75, 3.05) is 23.3 Å². The molecule has 0 saturated carbocycles. The van der Waals surface area contributed by atoms with Gasteiger partial charge in [-0.3, -0.25) is 9.59 Å². The molecule has 220 valence electrons. The second-order valence-electron chi connectivity index (χ2n) is 9.06. The van der Waals surface area contributed by atoms with E-state index < -0.39 is 17.9 Å². The minimum Gasteiger partial charge on any atom is -0.480 e. The summed E-state index contributed by atoms with van der Waals surface area (Å²) in [5.41, 5.74) is 15.3. The van der Waals surface area contributed by atoms with Crippen molar-refractivity contribution in [3.8, 4) is 0 Å². The predicted octanol–water partition coefficient (Wildman–Crippen LogP) is 2.92. The van der Waals surface area contributed by atoms with Gasteiger partial charge in [-0.05, 0) is 56.2 Å².